The second kappa shape index (κ2) is 9.43. The highest BCUT2D eigenvalue weighted by atomic mass is 32.1. The maximum atomic E-state index is 11.0. The quantitative estimate of drug-likeness (QED) is 0.525. The minimum absolute atomic E-state index is 0.102. The van der Waals surface area contributed by atoms with Gasteiger partial charge in [0.05, 0.1) is 31.5 Å². The van der Waals surface area contributed by atoms with Crippen molar-refractivity contribution in [1.29, 1.82) is 0 Å². The summed E-state index contributed by atoms with van der Waals surface area (Å²) in [6.07, 6.45) is 3.20. The summed E-state index contributed by atoms with van der Waals surface area (Å²) in [5.41, 5.74) is 2.70. The van der Waals surface area contributed by atoms with E-state index in [2.05, 4.69) is 0 Å². The number of ether oxygens (including phenoxy) is 3. The standard InChI is InChI=1S/C22H23NO5S/c1-26-17-13-19(28-3)18(27-2)12-15(17)11-14(7-6-10-21(24)25)22-23-16-8-4-5-9-20(16)29-22/h4-5,8-9,11-13H,6-7,10H2,1-3H3,(H,24,25)/b14-11+. The van der Waals surface area contributed by atoms with Gasteiger partial charge in [0.2, 0.25) is 0 Å². The number of hydrogen-bond donors (Lipinski definition) is 1. The number of benzene rings is 2. The van der Waals surface area contributed by atoms with Crippen LogP contribution in [0.1, 0.15) is 29.8 Å². The number of methoxy groups -OCH3 is 3. The monoisotopic (exact) mass is 413 g/mol. The van der Waals surface area contributed by atoms with E-state index in [0.29, 0.717) is 30.1 Å². The molecule has 0 radical (unpaired) electrons. The van der Waals surface area contributed by atoms with Crippen molar-refractivity contribution in [2.75, 3.05) is 21.3 Å². The van der Waals surface area contributed by atoms with E-state index in [-0.39, 0.29) is 6.42 Å². The Balaban J connectivity index is 2.07. The van der Waals surface area contributed by atoms with Gasteiger partial charge in [-0.15, -0.1) is 11.3 Å². The first kappa shape index (κ1) is 20.7. The zero-order valence-corrected chi connectivity index (χ0v) is 17.4. The number of carboxylic acid groups (broad SMARTS) is 1. The number of fused-ring (bicyclic) bond motifs is 1. The number of aliphatic carboxylic acids is 1. The molecular formula is C22H23NO5S. The Kier molecular flexibility index (Phi) is 6.72. The fraction of sp³-hybridized carbons (Fsp3) is 0.273. The Morgan fingerprint density at radius 1 is 1.03 bits per heavy atom. The van der Waals surface area contributed by atoms with Crippen molar-refractivity contribution in [1.82, 2.24) is 4.98 Å². The Morgan fingerprint density at radius 2 is 1.72 bits per heavy atom. The topological polar surface area (TPSA) is 77.9 Å². The molecule has 3 aromatic rings. The zero-order valence-electron chi connectivity index (χ0n) is 16.6. The van der Waals surface area contributed by atoms with E-state index in [4.69, 9.17) is 24.3 Å². The molecule has 0 saturated carbocycles. The third kappa shape index (κ3) is 4.86. The van der Waals surface area contributed by atoms with Crippen molar-refractivity contribution in [3.8, 4) is 17.2 Å². The van der Waals surface area contributed by atoms with Gasteiger partial charge in [-0.1, -0.05) is 12.1 Å². The van der Waals surface area contributed by atoms with E-state index in [1.54, 1.807) is 38.7 Å². The van der Waals surface area contributed by atoms with Crippen molar-refractivity contribution in [2.45, 2.75) is 19.3 Å². The van der Waals surface area contributed by atoms with Crippen LogP contribution in [0.3, 0.4) is 0 Å². The number of nitrogens with zero attached hydrogens (tertiary/aromatic N) is 1. The maximum absolute atomic E-state index is 11.0. The van der Waals surface area contributed by atoms with Crippen LogP contribution < -0.4 is 14.2 Å². The first-order valence-corrected chi connectivity index (χ1v) is 9.95. The molecule has 0 spiro atoms. The van der Waals surface area contributed by atoms with Gasteiger partial charge in [0.1, 0.15) is 10.8 Å². The van der Waals surface area contributed by atoms with Crippen LogP contribution in [-0.2, 0) is 4.79 Å². The SMILES string of the molecule is COc1cc(OC)c(OC)cc1/C=C(\CCCC(=O)O)c1nc2ccccc2s1. The third-order valence-electron chi connectivity index (χ3n) is 4.47. The molecule has 1 N–H and O–H groups in total. The van der Waals surface area contributed by atoms with Crippen LogP contribution in [-0.4, -0.2) is 37.4 Å². The first-order valence-electron chi connectivity index (χ1n) is 9.14. The smallest absolute Gasteiger partial charge is 0.303 e. The zero-order chi connectivity index (χ0) is 20.8. The molecule has 0 saturated heterocycles. The van der Waals surface area contributed by atoms with Crippen molar-refractivity contribution in [3.63, 3.8) is 0 Å². The molecular weight excluding hydrogens is 390 g/mol. The molecule has 0 fully saturated rings. The lowest BCUT2D eigenvalue weighted by Gasteiger charge is -2.13. The summed E-state index contributed by atoms with van der Waals surface area (Å²) in [7, 11) is 4.75. The van der Waals surface area contributed by atoms with Crippen molar-refractivity contribution < 1.29 is 24.1 Å². The van der Waals surface area contributed by atoms with Gasteiger partial charge in [0.25, 0.3) is 0 Å². The second-order valence-corrected chi connectivity index (χ2v) is 7.38. The van der Waals surface area contributed by atoms with E-state index in [1.807, 2.05) is 36.4 Å². The maximum Gasteiger partial charge on any atom is 0.303 e. The number of thiazole rings is 1. The highest BCUT2D eigenvalue weighted by Gasteiger charge is 2.14. The Hall–Kier alpha value is -3.06. The van der Waals surface area contributed by atoms with Crippen LogP contribution >= 0.6 is 11.3 Å². The predicted molar refractivity (Wildman–Crippen MR) is 115 cm³/mol. The van der Waals surface area contributed by atoms with Crippen LogP contribution in [0.4, 0.5) is 0 Å². The van der Waals surface area contributed by atoms with E-state index >= 15 is 0 Å². The summed E-state index contributed by atoms with van der Waals surface area (Å²) in [6, 6.07) is 11.6. The van der Waals surface area contributed by atoms with E-state index in [9.17, 15) is 4.79 Å². The Bertz CT molecular complexity index is 1010. The van der Waals surface area contributed by atoms with Gasteiger partial charge in [-0.25, -0.2) is 4.98 Å². The largest absolute Gasteiger partial charge is 0.496 e. The molecule has 29 heavy (non-hydrogen) atoms. The molecule has 0 atom stereocenters. The van der Waals surface area contributed by atoms with Crippen LogP contribution in [0.5, 0.6) is 17.2 Å². The van der Waals surface area contributed by atoms with Crippen LogP contribution in [0.15, 0.2) is 36.4 Å². The molecule has 6 nitrogen and oxygen atoms in total. The summed E-state index contributed by atoms with van der Waals surface area (Å²) in [6.45, 7) is 0. The molecule has 0 unspecified atom stereocenters. The Labute approximate surface area is 173 Å². The number of para-hydroxylation sites is 1. The molecule has 0 aliphatic carbocycles. The number of hydrogen-bond acceptors (Lipinski definition) is 6. The molecule has 0 aliphatic heterocycles. The van der Waals surface area contributed by atoms with Gasteiger partial charge in [0.15, 0.2) is 11.5 Å². The van der Waals surface area contributed by atoms with Gasteiger partial charge >= 0.3 is 5.97 Å². The molecule has 0 aliphatic rings. The molecule has 1 heterocycles. The summed E-state index contributed by atoms with van der Waals surface area (Å²) in [4.78, 5) is 15.7. The van der Waals surface area contributed by atoms with Crippen LogP contribution in [0, 0.1) is 0 Å². The molecule has 1 aromatic heterocycles. The van der Waals surface area contributed by atoms with Crippen molar-refractivity contribution >= 4 is 39.2 Å². The number of rotatable bonds is 9. The minimum atomic E-state index is -0.808. The van der Waals surface area contributed by atoms with Crippen LogP contribution in [0.25, 0.3) is 21.9 Å². The van der Waals surface area contributed by atoms with Gasteiger partial charge in [-0.05, 0) is 42.7 Å². The molecule has 7 heteroatoms. The molecule has 0 bridgehead atoms. The van der Waals surface area contributed by atoms with E-state index in [1.165, 1.54) is 0 Å². The summed E-state index contributed by atoms with van der Waals surface area (Å²) >= 11 is 1.59. The van der Waals surface area contributed by atoms with Crippen molar-refractivity contribution in [3.05, 3.63) is 47.0 Å². The Morgan fingerprint density at radius 3 is 2.38 bits per heavy atom. The summed E-state index contributed by atoms with van der Waals surface area (Å²) in [5.74, 6) is 1.000. The molecule has 152 valence electrons. The van der Waals surface area contributed by atoms with E-state index in [0.717, 1.165) is 26.4 Å². The summed E-state index contributed by atoms with van der Waals surface area (Å²) < 4.78 is 17.4. The predicted octanol–water partition coefficient (Wildman–Crippen LogP) is 5.12. The third-order valence-corrected chi connectivity index (χ3v) is 5.58. The lowest BCUT2D eigenvalue weighted by atomic mass is 10.0. The highest BCUT2D eigenvalue weighted by Crippen LogP contribution is 2.38. The van der Waals surface area contributed by atoms with Crippen LogP contribution in [0.2, 0.25) is 0 Å². The lowest BCUT2D eigenvalue weighted by molar-refractivity contribution is -0.137. The number of aromatic nitrogens is 1. The minimum Gasteiger partial charge on any atom is -0.496 e. The molecule has 2 aromatic carbocycles. The van der Waals surface area contributed by atoms with E-state index < -0.39 is 5.97 Å². The van der Waals surface area contributed by atoms with Gasteiger partial charge in [-0.3, -0.25) is 4.79 Å². The van der Waals surface area contributed by atoms with Gasteiger partial charge < -0.3 is 19.3 Å². The van der Waals surface area contributed by atoms with Gasteiger partial charge in [0, 0.05) is 18.1 Å². The summed E-state index contributed by atoms with van der Waals surface area (Å²) in [5, 5.41) is 9.90. The fourth-order valence-electron chi connectivity index (χ4n) is 3.03. The average molecular weight is 413 g/mol. The second-order valence-electron chi connectivity index (χ2n) is 6.35. The normalized spacial score (nSPS) is 11.5. The number of carbonyl (C=O) groups is 1. The first-order chi connectivity index (χ1) is 14.0. The average Bonchev–Trinajstić information content (AvgIpc) is 3.16. The number of carboxylic acids is 1. The fourth-order valence-corrected chi connectivity index (χ4v) is 4.04. The molecule has 0 amide bonds. The highest BCUT2D eigenvalue weighted by molar-refractivity contribution is 7.19. The molecule has 3 rings (SSSR count). The lowest BCUT2D eigenvalue weighted by Crippen LogP contribution is -1.96. The van der Waals surface area contributed by atoms with Crippen molar-refractivity contribution in [2.24, 2.45) is 0 Å². The van der Waals surface area contributed by atoms with Gasteiger partial charge in [-0.2, -0.15) is 0 Å². The number of allylic oxidation sites excluding steroid dienone is 1.